The third kappa shape index (κ3) is 1.42. The van der Waals surface area contributed by atoms with Gasteiger partial charge in [0.2, 0.25) is 0 Å². The molecule has 0 aromatic heterocycles. The van der Waals surface area contributed by atoms with Gasteiger partial charge in [0.1, 0.15) is 0 Å². The summed E-state index contributed by atoms with van der Waals surface area (Å²) in [6, 6.07) is 0. The standard InChI is InChI=1S/C17H30/c1-12(2)17-10-7-13-15(3,4)8-6-9-16(13,5)14(17)11-17/h12-14H,6-11H2,1-5H3/t13?,14-,16+,17-/m1/s1. The lowest BCUT2D eigenvalue weighted by Gasteiger charge is -2.55. The molecule has 0 saturated heterocycles. The van der Waals surface area contributed by atoms with Gasteiger partial charge in [-0.3, -0.25) is 0 Å². The van der Waals surface area contributed by atoms with Crippen LogP contribution in [0.25, 0.3) is 0 Å². The normalized spacial score (nSPS) is 51.9. The van der Waals surface area contributed by atoms with Gasteiger partial charge in [-0.2, -0.15) is 0 Å². The predicted molar refractivity (Wildman–Crippen MR) is 73.8 cm³/mol. The van der Waals surface area contributed by atoms with E-state index in [2.05, 4.69) is 34.6 Å². The zero-order chi connectivity index (χ0) is 12.5. The quantitative estimate of drug-likeness (QED) is 0.579. The van der Waals surface area contributed by atoms with Crippen LogP contribution in [0.3, 0.4) is 0 Å². The van der Waals surface area contributed by atoms with Crippen LogP contribution in [0.1, 0.15) is 73.1 Å². The third-order valence-corrected chi connectivity index (χ3v) is 7.24. The predicted octanol–water partition coefficient (Wildman–Crippen LogP) is 5.28. The van der Waals surface area contributed by atoms with Gasteiger partial charge < -0.3 is 0 Å². The second-order valence-electron chi connectivity index (χ2n) is 8.58. The highest BCUT2D eigenvalue weighted by Crippen LogP contribution is 2.76. The molecule has 0 aliphatic heterocycles. The van der Waals surface area contributed by atoms with Crippen molar-refractivity contribution < 1.29 is 0 Å². The average molecular weight is 234 g/mol. The van der Waals surface area contributed by atoms with Crippen LogP contribution < -0.4 is 0 Å². The molecule has 3 aliphatic carbocycles. The Morgan fingerprint density at radius 1 is 0.941 bits per heavy atom. The van der Waals surface area contributed by atoms with Gasteiger partial charge in [0, 0.05) is 0 Å². The molecule has 0 nitrogen and oxygen atoms in total. The summed E-state index contributed by atoms with van der Waals surface area (Å²) in [5.74, 6) is 2.98. The summed E-state index contributed by atoms with van der Waals surface area (Å²) < 4.78 is 0. The maximum Gasteiger partial charge on any atom is -0.0237 e. The summed E-state index contributed by atoms with van der Waals surface area (Å²) in [6.07, 6.45) is 9.05. The Hall–Kier alpha value is 0. The van der Waals surface area contributed by atoms with E-state index in [4.69, 9.17) is 0 Å². The van der Waals surface area contributed by atoms with Crippen LogP contribution in [0, 0.1) is 34.0 Å². The number of hydrogen-bond donors (Lipinski definition) is 0. The van der Waals surface area contributed by atoms with E-state index in [0.717, 1.165) is 23.2 Å². The molecule has 0 N–H and O–H groups in total. The van der Waals surface area contributed by atoms with Gasteiger partial charge in [0.15, 0.2) is 0 Å². The molecule has 0 spiro atoms. The second-order valence-corrected chi connectivity index (χ2v) is 8.58. The van der Waals surface area contributed by atoms with Gasteiger partial charge in [-0.15, -0.1) is 0 Å². The lowest BCUT2D eigenvalue weighted by atomic mass is 9.49. The van der Waals surface area contributed by atoms with Crippen molar-refractivity contribution >= 4 is 0 Å². The molecule has 3 rings (SSSR count). The van der Waals surface area contributed by atoms with Gasteiger partial charge >= 0.3 is 0 Å². The van der Waals surface area contributed by atoms with Crippen LogP contribution in [0.5, 0.6) is 0 Å². The van der Waals surface area contributed by atoms with Crippen molar-refractivity contribution in [2.45, 2.75) is 73.1 Å². The average Bonchev–Trinajstić information content (AvgIpc) is 2.93. The number of hydrogen-bond acceptors (Lipinski definition) is 0. The van der Waals surface area contributed by atoms with E-state index in [1.54, 1.807) is 6.42 Å². The molecule has 0 bridgehead atoms. The maximum atomic E-state index is 2.65. The van der Waals surface area contributed by atoms with Crippen LogP contribution >= 0.6 is 0 Å². The summed E-state index contributed by atoms with van der Waals surface area (Å²) in [6.45, 7) is 12.7. The summed E-state index contributed by atoms with van der Waals surface area (Å²) in [7, 11) is 0. The van der Waals surface area contributed by atoms with Crippen LogP contribution in [-0.2, 0) is 0 Å². The summed E-state index contributed by atoms with van der Waals surface area (Å²) in [5.41, 5.74) is 2.06. The van der Waals surface area contributed by atoms with Crippen molar-refractivity contribution in [1.29, 1.82) is 0 Å². The van der Waals surface area contributed by atoms with E-state index < -0.39 is 0 Å². The minimum absolute atomic E-state index is 0.610. The van der Waals surface area contributed by atoms with Crippen molar-refractivity contribution in [2.24, 2.45) is 34.0 Å². The van der Waals surface area contributed by atoms with Crippen LogP contribution in [0.4, 0.5) is 0 Å². The molecule has 0 aromatic carbocycles. The first-order valence-corrected chi connectivity index (χ1v) is 7.83. The Labute approximate surface area is 108 Å². The zero-order valence-electron chi connectivity index (χ0n) is 12.5. The van der Waals surface area contributed by atoms with Gasteiger partial charge in [0.25, 0.3) is 0 Å². The van der Waals surface area contributed by atoms with Gasteiger partial charge in [-0.1, -0.05) is 41.0 Å². The fraction of sp³-hybridized carbons (Fsp3) is 1.00. The first-order chi connectivity index (χ1) is 7.83. The first-order valence-electron chi connectivity index (χ1n) is 7.83. The largest absolute Gasteiger partial charge is 0.0622 e. The van der Waals surface area contributed by atoms with Crippen molar-refractivity contribution in [2.75, 3.05) is 0 Å². The molecule has 98 valence electrons. The smallest absolute Gasteiger partial charge is 0.0237 e. The first kappa shape index (κ1) is 12.1. The molecule has 0 radical (unpaired) electrons. The molecule has 3 saturated carbocycles. The Morgan fingerprint density at radius 2 is 1.65 bits per heavy atom. The lowest BCUT2D eigenvalue weighted by Crippen LogP contribution is -2.47. The minimum Gasteiger partial charge on any atom is -0.0622 e. The van der Waals surface area contributed by atoms with E-state index in [0.29, 0.717) is 10.8 Å². The molecular formula is C17H30. The van der Waals surface area contributed by atoms with Crippen molar-refractivity contribution in [3.8, 4) is 0 Å². The van der Waals surface area contributed by atoms with E-state index in [9.17, 15) is 0 Å². The van der Waals surface area contributed by atoms with E-state index >= 15 is 0 Å². The highest BCUT2D eigenvalue weighted by atomic mass is 14.7. The van der Waals surface area contributed by atoms with Gasteiger partial charge in [-0.05, 0) is 66.1 Å². The summed E-state index contributed by atoms with van der Waals surface area (Å²) in [5, 5.41) is 0. The number of rotatable bonds is 1. The SMILES string of the molecule is CC(C)[C@]12CCC3C(C)(C)CCC[C@]3(C)[C@H]1C2. The van der Waals surface area contributed by atoms with Crippen LogP contribution in [0.15, 0.2) is 0 Å². The van der Waals surface area contributed by atoms with Crippen molar-refractivity contribution in [3.05, 3.63) is 0 Å². The lowest BCUT2D eigenvalue weighted by molar-refractivity contribution is -0.0626. The highest BCUT2D eigenvalue weighted by molar-refractivity contribution is 5.17. The molecule has 4 atom stereocenters. The molecule has 0 amide bonds. The fourth-order valence-corrected chi connectivity index (χ4v) is 6.13. The van der Waals surface area contributed by atoms with Crippen LogP contribution in [0.2, 0.25) is 0 Å². The molecule has 0 heteroatoms. The zero-order valence-corrected chi connectivity index (χ0v) is 12.5. The van der Waals surface area contributed by atoms with E-state index in [1.165, 1.54) is 32.1 Å². The second kappa shape index (κ2) is 3.31. The molecular weight excluding hydrogens is 204 g/mol. The van der Waals surface area contributed by atoms with E-state index in [1.807, 2.05) is 0 Å². The molecule has 17 heavy (non-hydrogen) atoms. The van der Waals surface area contributed by atoms with Crippen molar-refractivity contribution in [3.63, 3.8) is 0 Å². The molecule has 3 aliphatic rings. The van der Waals surface area contributed by atoms with Gasteiger partial charge in [-0.25, -0.2) is 0 Å². The fourth-order valence-electron chi connectivity index (χ4n) is 6.13. The molecule has 3 fully saturated rings. The highest BCUT2D eigenvalue weighted by Gasteiger charge is 2.68. The molecule has 1 unspecified atom stereocenters. The maximum absolute atomic E-state index is 2.65. The van der Waals surface area contributed by atoms with Crippen LogP contribution in [-0.4, -0.2) is 0 Å². The van der Waals surface area contributed by atoms with Crippen molar-refractivity contribution in [1.82, 2.24) is 0 Å². The summed E-state index contributed by atoms with van der Waals surface area (Å²) in [4.78, 5) is 0. The third-order valence-electron chi connectivity index (χ3n) is 7.24. The molecule has 0 aromatic rings. The minimum atomic E-state index is 0.610. The monoisotopic (exact) mass is 234 g/mol. The number of fused-ring (bicyclic) bond motifs is 3. The Morgan fingerprint density at radius 3 is 2.29 bits per heavy atom. The summed E-state index contributed by atoms with van der Waals surface area (Å²) >= 11 is 0. The Bertz CT molecular complexity index is 327. The molecule has 0 heterocycles. The topological polar surface area (TPSA) is 0 Å². The van der Waals surface area contributed by atoms with Gasteiger partial charge in [0.05, 0.1) is 0 Å². The van der Waals surface area contributed by atoms with E-state index in [-0.39, 0.29) is 0 Å². The Balaban J connectivity index is 1.92. The Kier molecular flexibility index (Phi) is 2.34.